The van der Waals surface area contributed by atoms with E-state index in [0.717, 1.165) is 19.4 Å². The van der Waals surface area contributed by atoms with E-state index >= 15 is 0 Å². The first-order valence-electron chi connectivity index (χ1n) is 8.70. The maximum atomic E-state index is 12.1. The van der Waals surface area contributed by atoms with Crippen LogP contribution in [0.25, 0.3) is 0 Å². The lowest BCUT2D eigenvalue weighted by molar-refractivity contribution is -0.130. The van der Waals surface area contributed by atoms with Gasteiger partial charge >= 0.3 is 0 Å². The van der Waals surface area contributed by atoms with Gasteiger partial charge in [0.05, 0.1) is 18.4 Å². The van der Waals surface area contributed by atoms with Crippen LogP contribution in [0.4, 0.5) is 5.95 Å². The Morgan fingerprint density at radius 3 is 2.76 bits per heavy atom. The fourth-order valence-corrected chi connectivity index (χ4v) is 4.24. The number of amides is 1. The molecule has 1 aromatic heterocycles. The van der Waals surface area contributed by atoms with Gasteiger partial charge < -0.3 is 15.1 Å². The number of hydrogen-bond donors (Lipinski definition) is 1. The van der Waals surface area contributed by atoms with E-state index in [4.69, 9.17) is 0 Å². The lowest BCUT2D eigenvalue weighted by atomic mass is 9.96. The van der Waals surface area contributed by atoms with Crippen LogP contribution in [-0.4, -0.2) is 74.7 Å². The highest BCUT2D eigenvalue weighted by molar-refractivity contribution is 7.90. The lowest BCUT2D eigenvalue weighted by Gasteiger charge is -2.34. The Balaban J connectivity index is 1.92. The summed E-state index contributed by atoms with van der Waals surface area (Å²) in [4.78, 5) is 24.8. The summed E-state index contributed by atoms with van der Waals surface area (Å²) in [6.07, 6.45) is 4.47. The molecule has 3 rings (SSSR count). The van der Waals surface area contributed by atoms with Gasteiger partial charge in [-0.05, 0) is 26.3 Å². The molecule has 9 heteroatoms. The minimum atomic E-state index is -3.40. The largest absolute Gasteiger partial charge is 0.340 e. The van der Waals surface area contributed by atoms with E-state index in [9.17, 15) is 13.2 Å². The Hall–Kier alpha value is -1.74. The minimum absolute atomic E-state index is 0.0467. The van der Waals surface area contributed by atoms with Crippen molar-refractivity contribution < 1.29 is 13.2 Å². The van der Waals surface area contributed by atoms with E-state index in [2.05, 4.69) is 15.3 Å². The van der Waals surface area contributed by atoms with Crippen LogP contribution in [0.3, 0.4) is 0 Å². The van der Waals surface area contributed by atoms with Gasteiger partial charge in [-0.25, -0.2) is 18.4 Å². The molecule has 2 aliphatic heterocycles. The lowest BCUT2D eigenvalue weighted by Crippen LogP contribution is -2.50. The topological polar surface area (TPSA) is 95.5 Å². The molecule has 2 saturated heterocycles. The van der Waals surface area contributed by atoms with Crippen molar-refractivity contribution in [3.63, 3.8) is 0 Å². The van der Waals surface area contributed by atoms with Crippen molar-refractivity contribution in [2.24, 2.45) is 0 Å². The van der Waals surface area contributed by atoms with E-state index in [-0.39, 0.29) is 23.3 Å². The first-order valence-corrected chi connectivity index (χ1v) is 10.6. The number of nitrogens with zero attached hydrogens (tertiary/aromatic N) is 4. The van der Waals surface area contributed by atoms with E-state index < -0.39 is 9.84 Å². The van der Waals surface area contributed by atoms with Crippen molar-refractivity contribution >= 4 is 21.7 Å². The highest BCUT2D eigenvalue weighted by Crippen LogP contribution is 2.28. The van der Waals surface area contributed by atoms with E-state index in [0.29, 0.717) is 37.8 Å². The molecule has 0 aromatic carbocycles. The number of sulfone groups is 1. The molecule has 2 fully saturated rings. The summed E-state index contributed by atoms with van der Waals surface area (Å²) in [5.74, 6) is 0.537. The van der Waals surface area contributed by atoms with E-state index in [1.165, 1.54) is 12.5 Å². The molecule has 8 nitrogen and oxygen atoms in total. The molecular weight excluding hydrogens is 342 g/mol. The number of piperazine rings is 1. The number of aromatic nitrogens is 2. The molecule has 2 aliphatic rings. The highest BCUT2D eigenvalue weighted by atomic mass is 32.2. The molecule has 1 atom stereocenters. The normalized spacial score (nSPS) is 22.3. The average molecular weight is 367 g/mol. The zero-order chi connectivity index (χ0) is 18.0. The molecule has 25 heavy (non-hydrogen) atoms. The fourth-order valence-electron chi connectivity index (χ4n) is 3.40. The Kier molecular flexibility index (Phi) is 5.24. The summed E-state index contributed by atoms with van der Waals surface area (Å²) in [5, 5.41) is 3.30. The zero-order valence-electron chi connectivity index (χ0n) is 14.7. The average Bonchev–Trinajstić information content (AvgIpc) is 2.61. The molecule has 0 bridgehead atoms. The molecule has 1 amide bonds. The summed E-state index contributed by atoms with van der Waals surface area (Å²) < 4.78 is 24.3. The second-order valence-corrected chi connectivity index (χ2v) is 8.61. The van der Waals surface area contributed by atoms with Gasteiger partial charge in [0.1, 0.15) is 4.90 Å². The van der Waals surface area contributed by atoms with Crippen LogP contribution in [0.5, 0.6) is 0 Å². The minimum Gasteiger partial charge on any atom is -0.340 e. The molecule has 0 saturated carbocycles. The maximum Gasteiger partial charge on any atom is 0.242 e. The van der Waals surface area contributed by atoms with Crippen LogP contribution in [0.2, 0.25) is 0 Å². The summed E-state index contributed by atoms with van der Waals surface area (Å²) in [6.45, 7) is 5.82. The van der Waals surface area contributed by atoms with Gasteiger partial charge in [0.2, 0.25) is 11.9 Å². The quantitative estimate of drug-likeness (QED) is 0.801. The molecule has 0 spiro atoms. The van der Waals surface area contributed by atoms with Gasteiger partial charge in [-0.2, -0.15) is 0 Å². The third kappa shape index (κ3) is 3.92. The zero-order valence-corrected chi connectivity index (χ0v) is 15.5. The summed E-state index contributed by atoms with van der Waals surface area (Å²) >= 11 is 0. The van der Waals surface area contributed by atoms with Crippen LogP contribution in [0.1, 0.15) is 31.4 Å². The molecule has 1 N–H and O–H groups in total. The van der Waals surface area contributed by atoms with Gasteiger partial charge in [0.25, 0.3) is 0 Å². The Labute approximate surface area is 148 Å². The van der Waals surface area contributed by atoms with Crippen molar-refractivity contribution in [1.29, 1.82) is 0 Å². The summed E-state index contributed by atoms with van der Waals surface area (Å²) in [5.41, 5.74) is 0.574. The molecule has 0 radical (unpaired) electrons. The number of carbonyl (C=O) groups excluding carboxylic acids is 1. The summed E-state index contributed by atoms with van der Waals surface area (Å²) in [6, 6.07) is 0. The van der Waals surface area contributed by atoms with Gasteiger partial charge in [-0.1, -0.05) is 0 Å². The number of nitrogens with one attached hydrogen (secondary N) is 1. The number of carbonyl (C=O) groups is 1. The monoisotopic (exact) mass is 367 g/mol. The second-order valence-electron chi connectivity index (χ2n) is 6.63. The van der Waals surface area contributed by atoms with Crippen LogP contribution < -0.4 is 10.2 Å². The van der Waals surface area contributed by atoms with Crippen molar-refractivity contribution in [2.45, 2.75) is 30.6 Å². The van der Waals surface area contributed by atoms with E-state index in [1.54, 1.807) is 4.90 Å². The third-order valence-corrected chi connectivity index (χ3v) is 5.95. The molecule has 1 unspecified atom stereocenters. The Morgan fingerprint density at radius 2 is 2.16 bits per heavy atom. The molecule has 0 aliphatic carbocycles. The van der Waals surface area contributed by atoms with Crippen molar-refractivity contribution in [1.82, 2.24) is 20.2 Å². The standard InChI is InChI=1S/C16H25N5O3S/c1-3-20-7-8-21(11-14(20)22)16-18-10-13(25(2,23)24)15(19-16)12-5-4-6-17-9-12/h10,12,17H,3-9,11H2,1-2H3. The highest BCUT2D eigenvalue weighted by Gasteiger charge is 2.29. The maximum absolute atomic E-state index is 12.1. The van der Waals surface area contributed by atoms with E-state index in [1.807, 2.05) is 11.8 Å². The van der Waals surface area contributed by atoms with Crippen LogP contribution >= 0.6 is 0 Å². The van der Waals surface area contributed by atoms with Gasteiger partial charge in [-0.3, -0.25) is 4.79 Å². The van der Waals surface area contributed by atoms with Crippen molar-refractivity contribution in [3.05, 3.63) is 11.9 Å². The summed E-state index contributed by atoms with van der Waals surface area (Å²) in [7, 11) is -3.40. The predicted molar refractivity (Wildman–Crippen MR) is 94.5 cm³/mol. The van der Waals surface area contributed by atoms with Gasteiger partial charge in [-0.15, -0.1) is 0 Å². The van der Waals surface area contributed by atoms with Crippen molar-refractivity contribution in [2.75, 3.05) is 50.4 Å². The number of likely N-dealkylation sites (N-methyl/N-ethyl adjacent to an activating group) is 1. The number of piperidine rings is 1. The predicted octanol–water partition coefficient (Wildman–Crippen LogP) is 0.0156. The van der Waals surface area contributed by atoms with Crippen LogP contribution in [0.15, 0.2) is 11.1 Å². The van der Waals surface area contributed by atoms with Crippen molar-refractivity contribution in [3.8, 4) is 0 Å². The fraction of sp³-hybridized carbons (Fsp3) is 0.688. The molecule has 138 valence electrons. The SMILES string of the molecule is CCN1CCN(c2ncc(S(C)(=O)=O)c(C3CCCNC3)n2)CC1=O. The van der Waals surface area contributed by atoms with Gasteiger partial charge in [0.15, 0.2) is 9.84 Å². The van der Waals surface area contributed by atoms with Crippen LogP contribution in [-0.2, 0) is 14.6 Å². The first-order chi connectivity index (χ1) is 11.9. The smallest absolute Gasteiger partial charge is 0.242 e. The second kappa shape index (κ2) is 7.25. The Morgan fingerprint density at radius 1 is 1.36 bits per heavy atom. The number of anilines is 1. The van der Waals surface area contributed by atoms with Gasteiger partial charge in [0, 0.05) is 38.4 Å². The molecule has 1 aromatic rings. The third-order valence-electron chi connectivity index (χ3n) is 4.84. The molecular formula is C16H25N5O3S. The van der Waals surface area contributed by atoms with Crippen LogP contribution in [0, 0.1) is 0 Å². The molecule has 3 heterocycles. The number of rotatable bonds is 4. The number of hydrogen-bond acceptors (Lipinski definition) is 7. The first kappa shape index (κ1) is 18.1. The Bertz CT molecular complexity index is 746.